The maximum atomic E-state index is 14.0. The second-order valence-corrected chi connectivity index (χ2v) is 5.84. The van der Waals surface area contributed by atoms with Gasteiger partial charge in [0, 0.05) is 10.0 Å². The standard InChI is InChI=1S/C14H12Br2FN/c1-8-7-9(5-6-11(8)15)14(18)10-3-2-4-12(16)13(10)17/h2-7,14H,18H2,1H3. The third-order valence-electron chi connectivity index (χ3n) is 2.86. The van der Waals surface area contributed by atoms with Gasteiger partial charge in [0.25, 0.3) is 0 Å². The van der Waals surface area contributed by atoms with E-state index < -0.39 is 6.04 Å². The number of nitrogens with two attached hydrogens (primary N) is 1. The van der Waals surface area contributed by atoms with Gasteiger partial charge >= 0.3 is 0 Å². The summed E-state index contributed by atoms with van der Waals surface area (Å²) in [5.74, 6) is -0.300. The first-order valence-electron chi connectivity index (χ1n) is 5.46. The summed E-state index contributed by atoms with van der Waals surface area (Å²) in [6.45, 7) is 1.98. The molecule has 1 atom stereocenters. The van der Waals surface area contributed by atoms with E-state index in [9.17, 15) is 4.39 Å². The van der Waals surface area contributed by atoms with Gasteiger partial charge in [0.1, 0.15) is 5.82 Å². The van der Waals surface area contributed by atoms with Crippen molar-refractivity contribution in [3.8, 4) is 0 Å². The Kier molecular flexibility index (Phi) is 4.20. The average molecular weight is 373 g/mol. The molecule has 0 amide bonds. The van der Waals surface area contributed by atoms with Crippen LogP contribution in [0.25, 0.3) is 0 Å². The Morgan fingerprint density at radius 3 is 2.50 bits per heavy atom. The smallest absolute Gasteiger partial charge is 0.142 e. The van der Waals surface area contributed by atoms with Crippen LogP contribution in [0.2, 0.25) is 0 Å². The molecule has 0 bridgehead atoms. The lowest BCUT2D eigenvalue weighted by atomic mass is 9.98. The van der Waals surface area contributed by atoms with Gasteiger partial charge in [-0.3, -0.25) is 0 Å². The molecule has 2 aromatic carbocycles. The van der Waals surface area contributed by atoms with E-state index in [-0.39, 0.29) is 5.82 Å². The molecular formula is C14H12Br2FN. The van der Waals surface area contributed by atoms with Crippen molar-refractivity contribution in [1.82, 2.24) is 0 Å². The quantitative estimate of drug-likeness (QED) is 0.811. The minimum absolute atomic E-state index is 0.300. The van der Waals surface area contributed by atoms with Crippen LogP contribution in [0, 0.1) is 12.7 Å². The van der Waals surface area contributed by atoms with Gasteiger partial charge in [-0.1, -0.05) is 40.2 Å². The SMILES string of the molecule is Cc1cc(C(N)c2cccc(Br)c2F)ccc1Br. The summed E-state index contributed by atoms with van der Waals surface area (Å²) in [4.78, 5) is 0. The lowest BCUT2D eigenvalue weighted by Gasteiger charge is -2.15. The van der Waals surface area contributed by atoms with Crippen LogP contribution < -0.4 is 5.73 Å². The lowest BCUT2D eigenvalue weighted by molar-refractivity contribution is 0.593. The van der Waals surface area contributed by atoms with E-state index in [2.05, 4.69) is 31.9 Å². The molecule has 94 valence electrons. The molecule has 0 aliphatic carbocycles. The van der Waals surface area contributed by atoms with E-state index >= 15 is 0 Å². The van der Waals surface area contributed by atoms with Crippen LogP contribution >= 0.6 is 31.9 Å². The van der Waals surface area contributed by atoms with Crippen molar-refractivity contribution in [2.45, 2.75) is 13.0 Å². The molecule has 0 saturated carbocycles. The third-order valence-corrected chi connectivity index (χ3v) is 4.36. The van der Waals surface area contributed by atoms with Gasteiger partial charge in [-0.05, 0) is 46.1 Å². The largest absolute Gasteiger partial charge is 0.320 e. The molecule has 0 heterocycles. The molecule has 0 aromatic heterocycles. The molecular weight excluding hydrogens is 361 g/mol. The third kappa shape index (κ3) is 2.66. The molecule has 0 spiro atoms. The normalized spacial score (nSPS) is 12.5. The van der Waals surface area contributed by atoms with Crippen LogP contribution in [0.15, 0.2) is 45.3 Å². The highest BCUT2D eigenvalue weighted by Gasteiger charge is 2.15. The van der Waals surface area contributed by atoms with Crippen molar-refractivity contribution in [3.63, 3.8) is 0 Å². The fourth-order valence-electron chi connectivity index (χ4n) is 1.80. The predicted octanol–water partition coefficient (Wildman–Crippen LogP) is 4.71. The first kappa shape index (κ1) is 13.7. The maximum Gasteiger partial charge on any atom is 0.142 e. The van der Waals surface area contributed by atoms with Crippen molar-refractivity contribution in [2.24, 2.45) is 5.73 Å². The van der Waals surface area contributed by atoms with Gasteiger partial charge in [0.2, 0.25) is 0 Å². The van der Waals surface area contributed by atoms with Gasteiger partial charge in [0.05, 0.1) is 10.5 Å². The van der Waals surface area contributed by atoms with Crippen molar-refractivity contribution >= 4 is 31.9 Å². The van der Waals surface area contributed by atoms with Crippen molar-refractivity contribution in [3.05, 3.63) is 67.9 Å². The highest BCUT2D eigenvalue weighted by molar-refractivity contribution is 9.10. The minimum Gasteiger partial charge on any atom is -0.320 e. The number of rotatable bonds is 2. The zero-order chi connectivity index (χ0) is 13.3. The molecule has 0 fully saturated rings. The summed E-state index contributed by atoms with van der Waals surface area (Å²) in [5.41, 5.74) is 8.60. The Morgan fingerprint density at radius 2 is 1.83 bits per heavy atom. The highest BCUT2D eigenvalue weighted by Crippen LogP contribution is 2.28. The summed E-state index contributed by atoms with van der Waals surface area (Å²) in [5, 5.41) is 0. The summed E-state index contributed by atoms with van der Waals surface area (Å²) in [6, 6.07) is 10.5. The highest BCUT2D eigenvalue weighted by atomic mass is 79.9. The monoisotopic (exact) mass is 371 g/mol. The molecule has 0 aliphatic heterocycles. The number of halogens is 3. The van der Waals surface area contributed by atoms with Crippen LogP contribution in [-0.2, 0) is 0 Å². The zero-order valence-corrected chi connectivity index (χ0v) is 12.9. The summed E-state index contributed by atoms with van der Waals surface area (Å²) < 4.78 is 15.4. The molecule has 1 unspecified atom stereocenters. The van der Waals surface area contributed by atoms with Crippen LogP contribution in [-0.4, -0.2) is 0 Å². The summed E-state index contributed by atoms with van der Waals surface area (Å²) in [7, 11) is 0. The molecule has 4 heteroatoms. The van der Waals surface area contributed by atoms with Crippen LogP contribution in [0.5, 0.6) is 0 Å². The molecule has 0 saturated heterocycles. The summed E-state index contributed by atoms with van der Waals surface area (Å²) >= 11 is 6.61. The van der Waals surface area contributed by atoms with E-state index in [1.54, 1.807) is 18.2 Å². The number of hydrogen-bond acceptors (Lipinski definition) is 1. The predicted molar refractivity (Wildman–Crippen MR) is 79.0 cm³/mol. The van der Waals surface area contributed by atoms with Gasteiger partial charge in [0.15, 0.2) is 0 Å². The van der Waals surface area contributed by atoms with E-state index in [4.69, 9.17) is 5.73 Å². The number of hydrogen-bond donors (Lipinski definition) is 1. The van der Waals surface area contributed by atoms with E-state index in [1.165, 1.54) is 0 Å². The van der Waals surface area contributed by atoms with E-state index in [0.717, 1.165) is 15.6 Å². The first-order chi connectivity index (χ1) is 8.50. The van der Waals surface area contributed by atoms with Crippen molar-refractivity contribution < 1.29 is 4.39 Å². The first-order valence-corrected chi connectivity index (χ1v) is 7.05. The van der Waals surface area contributed by atoms with Crippen LogP contribution in [0.4, 0.5) is 4.39 Å². The fourth-order valence-corrected chi connectivity index (χ4v) is 2.43. The van der Waals surface area contributed by atoms with Gasteiger partial charge in [-0.25, -0.2) is 4.39 Å². The molecule has 1 nitrogen and oxygen atoms in total. The van der Waals surface area contributed by atoms with Crippen molar-refractivity contribution in [1.29, 1.82) is 0 Å². The Morgan fingerprint density at radius 1 is 1.11 bits per heavy atom. The topological polar surface area (TPSA) is 26.0 Å². The Labute approximate surface area is 122 Å². The molecule has 2 N–H and O–H groups in total. The second-order valence-electron chi connectivity index (χ2n) is 4.13. The van der Waals surface area contributed by atoms with Crippen LogP contribution in [0.1, 0.15) is 22.7 Å². The van der Waals surface area contributed by atoms with Crippen molar-refractivity contribution in [2.75, 3.05) is 0 Å². The Hall–Kier alpha value is -0.710. The summed E-state index contributed by atoms with van der Waals surface area (Å²) in [6.07, 6.45) is 0. The van der Waals surface area contributed by atoms with E-state index in [1.807, 2.05) is 25.1 Å². The van der Waals surface area contributed by atoms with Gasteiger partial charge in [-0.2, -0.15) is 0 Å². The molecule has 2 rings (SSSR count). The molecule has 0 radical (unpaired) electrons. The fraction of sp³-hybridized carbons (Fsp3) is 0.143. The Bertz CT molecular complexity index is 584. The van der Waals surface area contributed by atoms with Crippen LogP contribution in [0.3, 0.4) is 0 Å². The number of benzene rings is 2. The van der Waals surface area contributed by atoms with Gasteiger partial charge < -0.3 is 5.73 Å². The van der Waals surface area contributed by atoms with Gasteiger partial charge in [-0.15, -0.1) is 0 Å². The lowest BCUT2D eigenvalue weighted by Crippen LogP contribution is -2.14. The molecule has 0 aliphatic rings. The minimum atomic E-state index is -0.464. The molecule has 18 heavy (non-hydrogen) atoms. The maximum absolute atomic E-state index is 14.0. The Balaban J connectivity index is 2.44. The number of aryl methyl sites for hydroxylation is 1. The molecule has 2 aromatic rings. The average Bonchev–Trinajstić information content (AvgIpc) is 2.35. The van der Waals surface area contributed by atoms with E-state index in [0.29, 0.717) is 10.0 Å². The second kappa shape index (κ2) is 5.51. The zero-order valence-electron chi connectivity index (χ0n) is 9.75.